The number of unbranched alkanes of at least 4 members (excludes halogenated alkanes) is 18. The standard InChI is InChI=1S/C43H77NO4S/c1-5-7-9-11-13-15-17-19-21-23-25-27-29-31-33-35-37-47-42(45)39-41(49-40-44(3)4)43(46)48-38-36-34-32-30-28-26-24-22-20-18-16-14-12-10-8-6-2/h13-16,19-22,41H,5-12,17-18,23-40H2,1-4H3/b15-13-,16-14-,21-19-,22-20-. The third kappa shape index (κ3) is 37.3. The van der Waals surface area contributed by atoms with Gasteiger partial charge in [0, 0.05) is 5.88 Å². The summed E-state index contributed by atoms with van der Waals surface area (Å²) in [6.45, 7) is 5.35. The van der Waals surface area contributed by atoms with Gasteiger partial charge in [-0.1, -0.05) is 140 Å². The fourth-order valence-corrected chi connectivity index (χ4v) is 6.23. The van der Waals surface area contributed by atoms with E-state index in [1.165, 1.54) is 114 Å². The van der Waals surface area contributed by atoms with Gasteiger partial charge in [0.1, 0.15) is 5.25 Å². The van der Waals surface area contributed by atoms with E-state index < -0.39 is 5.25 Å². The lowest BCUT2D eigenvalue weighted by Crippen LogP contribution is -2.27. The van der Waals surface area contributed by atoms with Crippen LogP contribution < -0.4 is 0 Å². The second-order valence-electron chi connectivity index (χ2n) is 13.6. The smallest absolute Gasteiger partial charge is 0.319 e. The van der Waals surface area contributed by atoms with Crippen LogP contribution in [0.1, 0.15) is 174 Å². The molecule has 0 aliphatic carbocycles. The number of rotatable bonds is 36. The van der Waals surface area contributed by atoms with Crippen LogP contribution in [0.25, 0.3) is 0 Å². The first-order valence-electron chi connectivity index (χ1n) is 20.2. The molecule has 0 aromatic rings. The number of carbonyl (C=O) groups excluding carboxylic acids is 2. The number of nitrogens with zero attached hydrogens (tertiary/aromatic N) is 1. The fraction of sp³-hybridized carbons (Fsp3) is 0.767. The molecule has 0 amide bonds. The number of ether oxygens (including phenoxy) is 2. The van der Waals surface area contributed by atoms with E-state index in [0.29, 0.717) is 19.1 Å². The zero-order valence-corrected chi connectivity index (χ0v) is 33.3. The van der Waals surface area contributed by atoms with Gasteiger partial charge in [-0.05, 0) is 91.1 Å². The van der Waals surface area contributed by atoms with E-state index in [0.717, 1.165) is 51.4 Å². The van der Waals surface area contributed by atoms with Crippen molar-refractivity contribution in [2.24, 2.45) is 0 Å². The van der Waals surface area contributed by atoms with E-state index in [1.807, 2.05) is 19.0 Å². The fourth-order valence-electron chi connectivity index (χ4n) is 5.29. The van der Waals surface area contributed by atoms with Crippen molar-refractivity contribution in [3.05, 3.63) is 48.6 Å². The molecule has 0 N–H and O–H groups in total. The van der Waals surface area contributed by atoms with Gasteiger partial charge in [-0.15, -0.1) is 11.8 Å². The summed E-state index contributed by atoms with van der Waals surface area (Å²) in [5, 5.41) is -0.518. The number of allylic oxidation sites excluding steroid dienone is 8. The van der Waals surface area contributed by atoms with Gasteiger partial charge in [-0.25, -0.2) is 0 Å². The lowest BCUT2D eigenvalue weighted by molar-refractivity contribution is -0.149. The number of hydrogen-bond donors (Lipinski definition) is 0. The van der Waals surface area contributed by atoms with Gasteiger partial charge in [0.25, 0.3) is 0 Å². The van der Waals surface area contributed by atoms with Crippen molar-refractivity contribution >= 4 is 23.7 Å². The molecular formula is C43H77NO4S. The number of esters is 2. The minimum absolute atomic E-state index is 0.0726. The molecular weight excluding hydrogens is 627 g/mol. The van der Waals surface area contributed by atoms with Gasteiger partial charge in [0.2, 0.25) is 0 Å². The first-order valence-corrected chi connectivity index (χ1v) is 21.2. The Kier molecular flexibility index (Phi) is 37.6. The molecule has 0 saturated heterocycles. The highest BCUT2D eigenvalue weighted by Crippen LogP contribution is 2.19. The first-order chi connectivity index (χ1) is 24.0. The molecule has 0 radical (unpaired) electrons. The van der Waals surface area contributed by atoms with Crippen molar-refractivity contribution in [3.8, 4) is 0 Å². The third-order valence-electron chi connectivity index (χ3n) is 8.35. The van der Waals surface area contributed by atoms with Crippen LogP contribution in [0, 0.1) is 0 Å². The molecule has 0 spiro atoms. The van der Waals surface area contributed by atoms with Crippen molar-refractivity contribution in [3.63, 3.8) is 0 Å². The van der Waals surface area contributed by atoms with E-state index in [9.17, 15) is 9.59 Å². The summed E-state index contributed by atoms with van der Waals surface area (Å²) in [6.07, 6.45) is 46.8. The van der Waals surface area contributed by atoms with Gasteiger partial charge in [0.15, 0.2) is 0 Å². The lowest BCUT2D eigenvalue weighted by Gasteiger charge is -2.17. The average Bonchev–Trinajstić information content (AvgIpc) is 3.09. The SMILES string of the molecule is CCCCC/C=C\C/C=C\CCCCCCCCOC(=O)CC(SCN(C)C)C(=O)OCCCCCCCC/C=C\C/C=C\CCCCC. The van der Waals surface area contributed by atoms with Crippen LogP contribution in [0.4, 0.5) is 0 Å². The molecule has 0 aliphatic heterocycles. The highest BCUT2D eigenvalue weighted by atomic mass is 32.2. The summed E-state index contributed by atoms with van der Waals surface area (Å²) < 4.78 is 11.1. The highest BCUT2D eigenvalue weighted by Gasteiger charge is 2.25. The van der Waals surface area contributed by atoms with Gasteiger partial charge < -0.3 is 14.4 Å². The molecule has 0 aliphatic rings. The van der Waals surface area contributed by atoms with E-state index >= 15 is 0 Å². The zero-order valence-electron chi connectivity index (χ0n) is 32.5. The molecule has 0 bridgehead atoms. The van der Waals surface area contributed by atoms with E-state index in [2.05, 4.69) is 62.5 Å². The van der Waals surface area contributed by atoms with Crippen molar-refractivity contribution < 1.29 is 19.1 Å². The van der Waals surface area contributed by atoms with Crippen LogP contribution in [-0.4, -0.2) is 55.3 Å². The predicted molar refractivity (Wildman–Crippen MR) is 215 cm³/mol. The molecule has 5 nitrogen and oxygen atoms in total. The Morgan fingerprint density at radius 3 is 1.35 bits per heavy atom. The van der Waals surface area contributed by atoms with Gasteiger partial charge >= 0.3 is 11.9 Å². The van der Waals surface area contributed by atoms with Crippen molar-refractivity contribution in [2.75, 3.05) is 33.2 Å². The van der Waals surface area contributed by atoms with Gasteiger partial charge in [-0.2, -0.15) is 0 Å². The Labute approximate surface area is 308 Å². The molecule has 0 heterocycles. The minimum Gasteiger partial charge on any atom is -0.466 e. The van der Waals surface area contributed by atoms with E-state index in [1.54, 1.807) is 0 Å². The second kappa shape index (κ2) is 39.0. The predicted octanol–water partition coefficient (Wildman–Crippen LogP) is 12.7. The number of hydrogen-bond acceptors (Lipinski definition) is 6. The number of carbonyl (C=O) groups is 2. The molecule has 0 rings (SSSR count). The quantitative estimate of drug-likeness (QED) is 0.0280. The van der Waals surface area contributed by atoms with Crippen LogP contribution in [0.5, 0.6) is 0 Å². The molecule has 1 atom stereocenters. The van der Waals surface area contributed by atoms with Crippen LogP contribution in [0.15, 0.2) is 48.6 Å². The van der Waals surface area contributed by atoms with Crippen LogP contribution in [0.3, 0.4) is 0 Å². The summed E-state index contributed by atoms with van der Waals surface area (Å²) in [5.74, 6) is 0.0638. The molecule has 1 unspecified atom stereocenters. The second-order valence-corrected chi connectivity index (χ2v) is 14.8. The molecule has 0 fully saturated rings. The Morgan fingerprint density at radius 1 is 0.531 bits per heavy atom. The van der Waals surface area contributed by atoms with Crippen LogP contribution in [0.2, 0.25) is 0 Å². The summed E-state index contributed by atoms with van der Waals surface area (Å²) in [5.41, 5.74) is 0. The molecule has 284 valence electrons. The normalized spacial score (nSPS) is 12.8. The zero-order chi connectivity index (χ0) is 35.9. The maximum Gasteiger partial charge on any atom is 0.319 e. The first kappa shape index (κ1) is 47.2. The molecule has 6 heteroatoms. The lowest BCUT2D eigenvalue weighted by atomic mass is 10.1. The Bertz CT molecular complexity index is 851. The Hall–Kier alpha value is -1.79. The van der Waals surface area contributed by atoms with Crippen molar-refractivity contribution in [1.82, 2.24) is 4.90 Å². The molecule has 0 saturated carbocycles. The average molecular weight is 704 g/mol. The molecule has 0 aromatic heterocycles. The monoisotopic (exact) mass is 704 g/mol. The van der Waals surface area contributed by atoms with Crippen molar-refractivity contribution in [2.45, 2.75) is 180 Å². The minimum atomic E-state index is -0.518. The van der Waals surface area contributed by atoms with Crippen molar-refractivity contribution in [1.29, 1.82) is 0 Å². The topological polar surface area (TPSA) is 55.8 Å². The Morgan fingerprint density at radius 2 is 0.918 bits per heavy atom. The highest BCUT2D eigenvalue weighted by molar-refractivity contribution is 8.00. The maximum absolute atomic E-state index is 12.8. The molecule has 49 heavy (non-hydrogen) atoms. The summed E-state index contributed by atoms with van der Waals surface area (Å²) >= 11 is 1.45. The van der Waals surface area contributed by atoms with E-state index in [4.69, 9.17) is 9.47 Å². The largest absolute Gasteiger partial charge is 0.466 e. The molecule has 0 aromatic carbocycles. The maximum atomic E-state index is 12.8. The van der Waals surface area contributed by atoms with Crippen LogP contribution in [-0.2, 0) is 19.1 Å². The number of thioether (sulfide) groups is 1. The summed E-state index contributed by atoms with van der Waals surface area (Å²) in [7, 11) is 3.92. The van der Waals surface area contributed by atoms with Crippen LogP contribution >= 0.6 is 11.8 Å². The van der Waals surface area contributed by atoms with E-state index in [-0.39, 0.29) is 18.4 Å². The van der Waals surface area contributed by atoms with Gasteiger partial charge in [-0.3, -0.25) is 9.59 Å². The third-order valence-corrected chi connectivity index (χ3v) is 9.77. The summed E-state index contributed by atoms with van der Waals surface area (Å²) in [6, 6.07) is 0. The Balaban J connectivity index is 3.89. The van der Waals surface area contributed by atoms with Gasteiger partial charge in [0.05, 0.1) is 19.6 Å². The summed E-state index contributed by atoms with van der Waals surface area (Å²) in [4.78, 5) is 27.3.